The number of halogens is 3. The maximum atomic E-state index is 12.5. The molecule has 9 heteroatoms. The first-order chi connectivity index (χ1) is 11.8. The number of rotatable bonds is 9. The summed E-state index contributed by atoms with van der Waals surface area (Å²) in [4.78, 5) is 23.8. The highest BCUT2D eigenvalue weighted by molar-refractivity contribution is 5.92. The molecule has 25 heavy (non-hydrogen) atoms. The molecule has 0 fully saturated rings. The summed E-state index contributed by atoms with van der Waals surface area (Å²) in [7, 11) is 1.55. The van der Waals surface area contributed by atoms with Crippen LogP contribution >= 0.6 is 0 Å². The van der Waals surface area contributed by atoms with Gasteiger partial charge in [0.05, 0.1) is 13.2 Å². The van der Waals surface area contributed by atoms with Crippen LogP contribution in [-0.4, -0.2) is 56.2 Å². The van der Waals surface area contributed by atoms with Crippen LogP contribution in [0.3, 0.4) is 0 Å². The Balaban J connectivity index is 2.65. The lowest BCUT2D eigenvalue weighted by atomic mass is 10.2. The molecule has 0 spiro atoms. The number of hydrogen-bond donors (Lipinski definition) is 2. The van der Waals surface area contributed by atoms with E-state index in [1.54, 1.807) is 31.4 Å². The minimum atomic E-state index is -4.91. The Hall–Kier alpha value is -2.13. The van der Waals surface area contributed by atoms with Crippen molar-refractivity contribution in [1.29, 1.82) is 0 Å². The second-order valence-electron chi connectivity index (χ2n) is 5.24. The van der Waals surface area contributed by atoms with Crippen molar-refractivity contribution in [2.24, 2.45) is 0 Å². The van der Waals surface area contributed by atoms with E-state index in [2.05, 4.69) is 10.6 Å². The van der Waals surface area contributed by atoms with E-state index in [0.717, 1.165) is 0 Å². The molecule has 0 heterocycles. The van der Waals surface area contributed by atoms with Crippen LogP contribution in [0.15, 0.2) is 24.3 Å². The van der Waals surface area contributed by atoms with Gasteiger partial charge in [-0.25, -0.2) is 0 Å². The normalized spacial score (nSPS) is 11.2. The van der Waals surface area contributed by atoms with Crippen molar-refractivity contribution < 1.29 is 27.5 Å². The summed E-state index contributed by atoms with van der Waals surface area (Å²) in [6.45, 7) is 2.29. The Morgan fingerprint density at radius 3 is 2.60 bits per heavy atom. The van der Waals surface area contributed by atoms with Crippen LogP contribution in [0.2, 0.25) is 0 Å². The predicted molar refractivity (Wildman–Crippen MR) is 87.0 cm³/mol. The first kappa shape index (κ1) is 20.9. The van der Waals surface area contributed by atoms with E-state index in [0.29, 0.717) is 29.3 Å². The molecule has 2 N–H and O–H groups in total. The molecule has 0 aliphatic carbocycles. The summed E-state index contributed by atoms with van der Waals surface area (Å²) in [5.41, 5.74) is 0.941. The van der Waals surface area contributed by atoms with Gasteiger partial charge in [0.2, 0.25) is 5.91 Å². The first-order valence-electron chi connectivity index (χ1n) is 7.72. The number of anilines is 1. The van der Waals surface area contributed by atoms with E-state index >= 15 is 0 Å². The molecule has 1 aromatic carbocycles. The highest BCUT2D eigenvalue weighted by Crippen LogP contribution is 2.20. The zero-order chi connectivity index (χ0) is 18.9. The second-order valence-corrected chi connectivity index (χ2v) is 5.24. The van der Waals surface area contributed by atoms with E-state index in [9.17, 15) is 22.8 Å². The summed E-state index contributed by atoms with van der Waals surface area (Å²) >= 11 is 0. The number of carbonyl (C=O) groups excluding carboxylic acids is 2. The Morgan fingerprint density at radius 2 is 2.00 bits per heavy atom. The number of nitrogens with zero attached hydrogens (tertiary/aromatic N) is 1. The lowest BCUT2D eigenvalue weighted by Gasteiger charge is -2.22. The molecule has 0 unspecified atom stereocenters. The number of ether oxygens (including phenoxy) is 1. The van der Waals surface area contributed by atoms with Crippen molar-refractivity contribution in [2.75, 3.05) is 38.7 Å². The molecule has 140 valence electrons. The number of methoxy groups -OCH3 is 1. The molecule has 0 radical (unpaired) electrons. The van der Waals surface area contributed by atoms with Gasteiger partial charge in [0.15, 0.2) is 0 Å². The van der Waals surface area contributed by atoms with Gasteiger partial charge in [-0.1, -0.05) is 12.1 Å². The average Bonchev–Trinajstić information content (AvgIpc) is 2.55. The van der Waals surface area contributed by atoms with Gasteiger partial charge in [-0.15, -0.1) is 0 Å². The lowest BCUT2D eigenvalue weighted by Crippen LogP contribution is -2.40. The van der Waals surface area contributed by atoms with Gasteiger partial charge in [0.25, 0.3) is 0 Å². The van der Waals surface area contributed by atoms with Crippen molar-refractivity contribution >= 4 is 17.5 Å². The van der Waals surface area contributed by atoms with E-state index < -0.39 is 12.1 Å². The zero-order valence-electron chi connectivity index (χ0n) is 14.2. The predicted octanol–water partition coefficient (Wildman–Crippen LogP) is 1.77. The fraction of sp³-hybridized carbons (Fsp3) is 0.500. The molecule has 0 bridgehead atoms. The minimum Gasteiger partial charge on any atom is -0.383 e. The zero-order valence-corrected chi connectivity index (χ0v) is 14.2. The second kappa shape index (κ2) is 10.00. The third-order valence-electron chi connectivity index (χ3n) is 3.26. The SMILES string of the molecule is CCN(Cc1cccc(NC(=O)CNCCOC)c1)C(=O)C(F)(F)F. The molecule has 1 aromatic rings. The molecule has 0 saturated heterocycles. The van der Waals surface area contributed by atoms with Crippen LogP contribution in [0, 0.1) is 0 Å². The van der Waals surface area contributed by atoms with E-state index in [-0.39, 0.29) is 25.5 Å². The van der Waals surface area contributed by atoms with Gasteiger partial charge >= 0.3 is 12.1 Å². The largest absolute Gasteiger partial charge is 0.471 e. The molecular weight excluding hydrogens is 339 g/mol. The van der Waals surface area contributed by atoms with E-state index in [1.165, 1.54) is 6.92 Å². The van der Waals surface area contributed by atoms with Crippen LogP contribution in [0.25, 0.3) is 0 Å². The number of amides is 2. The van der Waals surface area contributed by atoms with Gasteiger partial charge in [-0.05, 0) is 24.6 Å². The maximum Gasteiger partial charge on any atom is 0.471 e. The molecule has 0 saturated carbocycles. The Morgan fingerprint density at radius 1 is 1.28 bits per heavy atom. The number of hydrogen-bond acceptors (Lipinski definition) is 4. The van der Waals surface area contributed by atoms with Crippen LogP contribution < -0.4 is 10.6 Å². The van der Waals surface area contributed by atoms with Crippen molar-refractivity contribution in [3.63, 3.8) is 0 Å². The number of carbonyl (C=O) groups is 2. The molecule has 1 rings (SSSR count). The van der Waals surface area contributed by atoms with Crippen molar-refractivity contribution in [3.8, 4) is 0 Å². The smallest absolute Gasteiger partial charge is 0.383 e. The van der Waals surface area contributed by atoms with Gasteiger partial charge in [-0.3, -0.25) is 9.59 Å². The minimum absolute atomic E-state index is 0.0711. The topological polar surface area (TPSA) is 70.7 Å². The fourth-order valence-electron chi connectivity index (χ4n) is 2.06. The third kappa shape index (κ3) is 7.53. The van der Waals surface area contributed by atoms with Crippen LogP contribution in [0.5, 0.6) is 0 Å². The first-order valence-corrected chi connectivity index (χ1v) is 7.72. The summed E-state index contributed by atoms with van der Waals surface area (Å²) < 4.78 is 42.5. The van der Waals surface area contributed by atoms with Crippen LogP contribution in [0.1, 0.15) is 12.5 Å². The van der Waals surface area contributed by atoms with Crippen LogP contribution in [0.4, 0.5) is 18.9 Å². The number of nitrogens with one attached hydrogen (secondary N) is 2. The van der Waals surface area contributed by atoms with Gasteiger partial charge in [-0.2, -0.15) is 13.2 Å². The molecule has 0 atom stereocenters. The summed E-state index contributed by atoms with van der Waals surface area (Å²) in [5.74, 6) is -2.17. The van der Waals surface area contributed by atoms with Crippen molar-refractivity contribution in [3.05, 3.63) is 29.8 Å². The van der Waals surface area contributed by atoms with Crippen LogP contribution in [-0.2, 0) is 20.9 Å². The lowest BCUT2D eigenvalue weighted by molar-refractivity contribution is -0.185. The maximum absolute atomic E-state index is 12.5. The number of benzene rings is 1. The average molecular weight is 361 g/mol. The quantitative estimate of drug-likeness (QED) is 0.658. The summed E-state index contributed by atoms with van der Waals surface area (Å²) in [6, 6.07) is 6.37. The monoisotopic (exact) mass is 361 g/mol. The highest BCUT2D eigenvalue weighted by atomic mass is 19.4. The molecule has 2 amide bonds. The number of alkyl halides is 3. The highest BCUT2D eigenvalue weighted by Gasteiger charge is 2.41. The third-order valence-corrected chi connectivity index (χ3v) is 3.26. The Labute approximate surface area is 144 Å². The molecule has 0 aliphatic heterocycles. The fourth-order valence-corrected chi connectivity index (χ4v) is 2.06. The van der Waals surface area contributed by atoms with E-state index in [1.807, 2.05) is 0 Å². The molecular formula is C16H22F3N3O3. The van der Waals surface area contributed by atoms with E-state index in [4.69, 9.17) is 4.74 Å². The Bertz CT molecular complexity index is 579. The summed E-state index contributed by atoms with van der Waals surface area (Å²) in [6.07, 6.45) is -4.91. The van der Waals surface area contributed by atoms with Crippen molar-refractivity contribution in [1.82, 2.24) is 10.2 Å². The molecule has 0 aromatic heterocycles. The van der Waals surface area contributed by atoms with Gasteiger partial charge in [0.1, 0.15) is 0 Å². The van der Waals surface area contributed by atoms with Gasteiger partial charge < -0.3 is 20.3 Å². The van der Waals surface area contributed by atoms with Crippen molar-refractivity contribution in [2.45, 2.75) is 19.6 Å². The molecule has 6 nitrogen and oxygen atoms in total. The standard InChI is InChI=1S/C16H22F3N3O3/c1-3-22(15(24)16(17,18)19)11-12-5-4-6-13(9-12)21-14(23)10-20-7-8-25-2/h4-6,9,20H,3,7-8,10-11H2,1-2H3,(H,21,23). The molecule has 0 aliphatic rings. The Kier molecular flexibility index (Phi) is 8.36. The summed E-state index contributed by atoms with van der Waals surface area (Å²) in [5, 5.41) is 5.52. The van der Waals surface area contributed by atoms with Gasteiger partial charge in [0, 0.05) is 32.4 Å².